The first-order valence-corrected chi connectivity index (χ1v) is 12.6. The number of likely N-dealkylation sites (tertiary alicyclic amines) is 1. The lowest BCUT2D eigenvalue weighted by atomic mass is 9.84. The highest BCUT2D eigenvalue weighted by molar-refractivity contribution is 5.88. The van der Waals surface area contributed by atoms with Crippen LogP contribution in [0.15, 0.2) is 48.5 Å². The summed E-state index contributed by atoms with van der Waals surface area (Å²) in [7, 11) is 0. The number of carbonyl (C=O) groups is 3. The highest BCUT2D eigenvalue weighted by atomic mass is 16.5. The molecule has 7 heteroatoms. The van der Waals surface area contributed by atoms with Crippen molar-refractivity contribution in [3.63, 3.8) is 0 Å². The first-order valence-electron chi connectivity index (χ1n) is 12.6. The number of hydrogen-bond acceptors (Lipinski definition) is 4. The minimum Gasteiger partial charge on any atom is -0.481 e. The molecule has 1 saturated heterocycles. The summed E-state index contributed by atoms with van der Waals surface area (Å²) < 4.78 is 5.69. The van der Waals surface area contributed by atoms with Crippen molar-refractivity contribution in [1.29, 1.82) is 0 Å². The van der Waals surface area contributed by atoms with E-state index in [1.165, 1.54) is 11.3 Å². The van der Waals surface area contributed by atoms with Gasteiger partial charge in [0.25, 0.3) is 0 Å². The summed E-state index contributed by atoms with van der Waals surface area (Å²) in [6.07, 6.45) is 5.56. The molecular weight excluding hydrogens is 444 g/mol. The molecule has 1 aliphatic heterocycles. The Morgan fingerprint density at radius 2 is 1.54 bits per heavy atom. The SMILES string of the molecule is O=C(NC(CC1CCCCC1)C(=O)N1CC(C(=O)O)C1)OCC1c2ccccc2-c2ccccc21. The van der Waals surface area contributed by atoms with Gasteiger partial charge in [0.05, 0.1) is 5.92 Å². The average Bonchev–Trinajstić information content (AvgIpc) is 3.15. The standard InChI is InChI=1S/C28H32N2O5/c31-26(30-15-19(16-30)27(32)33)25(14-18-8-2-1-3-9-18)29-28(34)35-17-24-22-12-6-4-10-20(22)21-11-5-7-13-23(21)24/h4-7,10-13,18-19,24-25H,1-3,8-9,14-17H2,(H,29,34)(H,32,33). The Balaban J connectivity index is 1.24. The van der Waals surface area contributed by atoms with Crippen LogP contribution in [0.3, 0.4) is 0 Å². The summed E-state index contributed by atoms with van der Waals surface area (Å²) in [4.78, 5) is 38.7. The molecule has 2 aromatic carbocycles. The molecule has 2 N–H and O–H groups in total. The number of rotatable bonds is 7. The van der Waals surface area contributed by atoms with Gasteiger partial charge in [0.2, 0.25) is 5.91 Å². The monoisotopic (exact) mass is 476 g/mol. The van der Waals surface area contributed by atoms with Crippen LogP contribution >= 0.6 is 0 Å². The van der Waals surface area contributed by atoms with Gasteiger partial charge in [-0.15, -0.1) is 0 Å². The van der Waals surface area contributed by atoms with Crippen LogP contribution in [0.5, 0.6) is 0 Å². The van der Waals surface area contributed by atoms with Crippen LogP contribution in [-0.4, -0.2) is 53.7 Å². The highest BCUT2D eigenvalue weighted by Crippen LogP contribution is 2.44. The molecule has 1 atom stereocenters. The van der Waals surface area contributed by atoms with Gasteiger partial charge in [0.15, 0.2) is 0 Å². The lowest BCUT2D eigenvalue weighted by Gasteiger charge is -2.39. The number of ether oxygens (including phenoxy) is 1. The number of aliphatic carboxylic acids is 1. The Hall–Kier alpha value is -3.35. The minimum atomic E-state index is -0.887. The van der Waals surface area contributed by atoms with E-state index < -0.39 is 24.0 Å². The Kier molecular flexibility index (Phi) is 6.75. The molecular formula is C28H32N2O5. The number of hydrogen-bond donors (Lipinski definition) is 2. The van der Waals surface area contributed by atoms with Gasteiger partial charge in [-0.2, -0.15) is 0 Å². The molecule has 184 valence electrons. The van der Waals surface area contributed by atoms with E-state index in [0.29, 0.717) is 12.3 Å². The molecule has 35 heavy (non-hydrogen) atoms. The van der Waals surface area contributed by atoms with Crippen LogP contribution in [0, 0.1) is 11.8 Å². The first-order chi connectivity index (χ1) is 17.0. The summed E-state index contributed by atoms with van der Waals surface area (Å²) in [5.41, 5.74) is 4.59. The molecule has 7 nitrogen and oxygen atoms in total. The third kappa shape index (κ3) is 4.90. The van der Waals surface area contributed by atoms with Crippen LogP contribution in [-0.2, 0) is 14.3 Å². The summed E-state index contributed by atoms with van der Waals surface area (Å²) in [6.45, 7) is 0.582. The maximum atomic E-state index is 13.2. The van der Waals surface area contributed by atoms with Gasteiger partial charge >= 0.3 is 12.1 Å². The van der Waals surface area contributed by atoms with E-state index in [9.17, 15) is 14.4 Å². The Labute approximate surface area is 205 Å². The van der Waals surface area contributed by atoms with Crippen molar-refractivity contribution in [2.24, 2.45) is 11.8 Å². The second kappa shape index (κ2) is 10.1. The van der Waals surface area contributed by atoms with Gasteiger partial charge in [0, 0.05) is 19.0 Å². The molecule has 0 radical (unpaired) electrons. The molecule has 0 bridgehead atoms. The summed E-state index contributed by atoms with van der Waals surface area (Å²) >= 11 is 0. The number of carboxylic acid groups (broad SMARTS) is 1. The van der Waals surface area contributed by atoms with Crippen molar-refractivity contribution < 1.29 is 24.2 Å². The lowest BCUT2D eigenvalue weighted by molar-refractivity contribution is -0.153. The maximum Gasteiger partial charge on any atom is 0.407 e. The highest BCUT2D eigenvalue weighted by Gasteiger charge is 2.39. The number of amides is 2. The van der Waals surface area contributed by atoms with Gasteiger partial charge in [-0.1, -0.05) is 80.6 Å². The van der Waals surface area contributed by atoms with E-state index in [2.05, 4.69) is 29.6 Å². The molecule has 2 aliphatic carbocycles. The number of nitrogens with one attached hydrogen (secondary N) is 1. The third-order valence-electron chi connectivity index (χ3n) is 7.77. The molecule has 5 rings (SSSR count). The van der Waals surface area contributed by atoms with Crippen LogP contribution in [0.4, 0.5) is 4.79 Å². The van der Waals surface area contributed by atoms with Crippen molar-refractivity contribution in [3.8, 4) is 11.1 Å². The van der Waals surface area contributed by atoms with Crippen molar-refractivity contribution >= 4 is 18.0 Å². The van der Waals surface area contributed by atoms with Crippen LogP contribution in [0.25, 0.3) is 11.1 Å². The van der Waals surface area contributed by atoms with Crippen LogP contribution in [0.1, 0.15) is 55.6 Å². The number of fused-ring (bicyclic) bond motifs is 3. The van der Waals surface area contributed by atoms with Crippen LogP contribution < -0.4 is 5.32 Å². The molecule has 2 amide bonds. The number of benzene rings is 2. The maximum absolute atomic E-state index is 13.2. The van der Waals surface area contributed by atoms with Gasteiger partial charge in [-0.3, -0.25) is 9.59 Å². The van der Waals surface area contributed by atoms with Gasteiger partial charge in [-0.25, -0.2) is 4.79 Å². The first kappa shape index (κ1) is 23.4. The van der Waals surface area contributed by atoms with Crippen molar-refractivity contribution in [1.82, 2.24) is 10.2 Å². The molecule has 2 fully saturated rings. The summed E-state index contributed by atoms with van der Waals surface area (Å²) in [5, 5.41) is 12.0. The summed E-state index contributed by atoms with van der Waals surface area (Å²) in [6, 6.07) is 15.6. The zero-order chi connectivity index (χ0) is 24.4. The van der Waals surface area contributed by atoms with E-state index in [1.54, 1.807) is 0 Å². The van der Waals surface area contributed by atoms with Crippen LogP contribution in [0.2, 0.25) is 0 Å². The fraction of sp³-hybridized carbons (Fsp3) is 0.464. The lowest BCUT2D eigenvalue weighted by Crippen LogP contribution is -2.59. The van der Waals surface area contributed by atoms with E-state index in [-0.39, 0.29) is 31.5 Å². The van der Waals surface area contributed by atoms with E-state index in [1.807, 2.05) is 24.3 Å². The van der Waals surface area contributed by atoms with Crippen molar-refractivity contribution in [2.75, 3.05) is 19.7 Å². The quantitative estimate of drug-likeness (QED) is 0.617. The molecule has 1 saturated carbocycles. The minimum absolute atomic E-state index is 0.0487. The third-order valence-corrected chi connectivity index (χ3v) is 7.77. The zero-order valence-corrected chi connectivity index (χ0v) is 19.8. The molecule has 0 spiro atoms. The normalized spacial score (nSPS) is 18.8. The fourth-order valence-electron chi connectivity index (χ4n) is 5.80. The second-order valence-corrected chi connectivity index (χ2v) is 10.0. The number of nitrogens with zero attached hydrogens (tertiary/aromatic N) is 1. The van der Waals surface area contributed by atoms with E-state index >= 15 is 0 Å². The number of carboxylic acids is 1. The molecule has 3 aliphatic rings. The Morgan fingerprint density at radius 1 is 0.943 bits per heavy atom. The van der Waals surface area contributed by atoms with E-state index in [0.717, 1.165) is 47.9 Å². The number of carbonyl (C=O) groups excluding carboxylic acids is 2. The van der Waals surface area contributed by atoms with Crippen molar-refractivity contribution in [3.05, 3.63) is 59.7 Å². The van der Waals surface area contributed by atoms with Gasteiger partial charge < -0.3 is 20.1 Å². The molecule has 1 unspecified atom stereocenters. The fourth-order valence-corrected chi connectivity index (χ4v) is 5.80. The smallest absolute Gasteiger partial charge is 0.407 e. The Morgan fingerprint density at radius 3 is 2.14 bits per heavy atom. The zero-order valence-electron chi connectivity index (χ0n) is 19.8. The molecule has 0 aromatic heterocycles. The topological polar surface area (TPSA) is 95.9 Å². The predicted molar refractivity (Wildman–Crippen MR) is 131 cm³/mol. The summed E-state index contributed by atoms with van der Waals surface area (Å²) in [5.74, 6) is -1.29. The molecule has 2 aromatic rings. The predicted octanol–water partition coefficient (Wildman–Crippen LogP) is 4.41. The average molecular weight is 477 g/mol. The Bertz CT molecular complexity index is 1060. The van der Waals surface area contributed by atoms with E-state index in [4.69, 9.17) is 9.84 Å². The second-order valence-electron chi connectivity index (χ2n) is 10.0. The van der Waals surface area contributed by atoms with Gasteiger partial charge in [-0.05, 0) is 34.6 Å². The van der Waals surface area contributed by atoms with Gasteiger partial charge in [0.1, 0.15) is 12.6 Å². The molecule has 1 heterocycles. The number of alkyl carbamates (subject to hydrolysis) is 1. The largest absolute Gasteiger partial charge is 0.481 e. The van der Waals surface area contributed by atoms with Crippen molar-refractivity contribution in [2.45, 2.75) is 50.5 Å².